The number of nitro benzene ring substituents is 1. The number of nitrogens with one attached hydrogen (secondary N) is 1. The molecule has 1 aromatic heterocycles. The van der Waals surface area contributed by atoms with Gasteiger partial charge in [-0.25, -0.2) is 5.43 Å². The molecule has 32 heavy (non-hydrogen) atoms. The van der Waals surface area contributed by atoms with E-state index in [9.17, 15) is 14.9 Å². The van der Waals surface area contributed by atoms with Gasteiger partial charge < -0.3 is 4.57 Å². The number of carbonyl (C=O) groups excluding carboxylic acids is 1. The van der Waals surface area contributed by atoms with Crippen molar-refractivity contribution in [1.82, 2.24) is 9.99 Å². The molecule has 0 aliphatic carbocycles. The Morgan fingerprint density at radius 2 is 1.78 bits per heavy atom. The van der Waals surface area contributed by atoms with Crippen molar-refractivity contribution in [1.29, 1.82) is 0 Å². The highest BCUT2D eigenvalue weighted by molar-refractivity contribution is 6.30. The number of benzene rings is 3. The zero-order chi connectivity index (χ0) is 22.7. The lowest BCUT2D eigenvalue weighted by Gasteiger charge is -2.08. The number of hydrazone groups is 1. The molecule has 0 saturated carbocycles. The monoisotopic (exact) mass is 446 g/mol. The Morgan fingerprint density at radius 3 is 2.47 bits per heavy atom. The summed E-state index contributed by atoms with van der Waals surface area (Å²) in [4.78, 5) is 22.8. The van der Waals surface area contributed by atoms with Gasteiger partial charge in [-0.2, -0.15) is 5.10 Å². The Labute approximate surface area is 189 Å². The summed E-state index contributed by atoms with van der Waals surface area (Å²) < 4.78 is 2.12. The Hall–Kier alpha value is -3.97. The van der Waals surface area contributed by atoms with Crippen LogP contribution in [-0.4, -0.2) is 21.6 Å². The number of halogens is 1. The van der Waals surface area contributed by atoms with Crippen LogP contribution in [-0.2, 0) is 6.54 Å². The van der Waals surface area contributed by atoms with E-state index in [2.05, 4.69) is 15.1 Å². The first-order chi connectivity index (χ1) is 15.4. The molecule has 1 heterocycles. The molecule has 8 heteroatoms. The number of non-ortho nitro benzene ring substituents is 1. The summed E-state index contributed by atoms with van der Waals surface area (Å²) in [5.74, 6) is -0.329. The molecule has 0 spiro atoms. The summed E-state index contributed by atoms with van der Waals surface area (Å²) in [6, 6.07) is 21.0. The molecule has 0 aliphatic heterocycles. The Kier molecular flexibility index (Phi) is 6.00. The molecule has 0 aliphatic rings. The summed E-state index contributed by atoms with van der Waals surface area (Å²) in [6.07, 6.45) is 1.64. The van der Waals surface area contributed by atoms with Crippen LogP contribution < -0.4 is 5.43 Å². The van der Waals surface area contributed by atoms with Crippen molar-refractivity contribution in [3.63, 3.8) is 0 Å². The predicted molar refractivity (Wildman–Crippen MR) is 125 cm³/mol. The molecular formula is C24H19ClN4O3. The molecule has 1 amide bonds. The van der Waals surface area contributed by atoms with Crippen molar-refractivity contribution in [2.75, 3.05) is 0 Å². The number of amides is 1. The highest BCUT2D eigenvalue weighted by Crippen LogP contribution is 2.26. The number of aromatic nitrogens is 1. The third-order valence-corrected chi connectivity index (χ3v) is 5.49. The number of rotatable bonds is 6. The Bertz CT molecular complexity index is 1330. The van der Waals surface area contributed by atoms with E-state index in [1.165, 1.54) is 12.1 Å². The lowest BCUT2D eigenvalue weighted by Crippen LogP contribution is -2.17. The second-order valence-corrected chi connectivity index (χ2v) is 7.67. The molecule has 0 radical (unpaired) electrons. The minimum Gasteiger partial charge on any atom is -0.340 e. The van der Waals surface area contributed by atoms with E-state index in [4.69, 9.17) is 11.6 Å². The van der Waals surface area contributed by atoms with E-state index in [1.54, 1.807) is 42.6 Å². The van der Waals surface area contributed by atoms with Crippen LogP contribution in [0.4, 0.5) is 5.69 Å². The summed E-state index contributed by atoms with van der Waals surface area (Å²) in [5, 5.41) is 16.6. The van der Waals surface area contributed by atoms with Crippen LogP contribution in [0.15, 0.2) is 77.9 Å². The van der Waals surface area contributed by atoms with Crippen molar-refractivity contribution in [2.24, 2.45) is 5.10 Å². The van der Waals surface area contributed by atoms with Gasteiger partial charge in [0.1, 0.15) is 0 Å². The lowest BCUT2D eigenvalue weighted by atomic mass is 10.1. The van der Waals surface area contributed by atoms with Gasteiger partial charge in [-0.05, 0) is 42.8 Å². The maximum absolute atomic E-state index is 12.3. The number of nitrogens with zero attached hydrogens (tertiary/aromatic N) is 3. The van der Waals surface area contributed by atoms with Gasteiger partial charge in [0.25, 0.3) is 11.6 Å². The zero-order valence-corrected chi connectivity index (χ0v) is 17.9. The van der Waals surface area contributed by atoms with Gasteiger partial charge in [-0.15, -0.1) is 0 Å². The van der Waals surface area contributed by atoms with Crippen LogP contribution in [0.1, 0.15) is 27.2 Å². The topological polar surface area (TPSA) is 89.5 Å². The van der Waals surface area contributed by atoms with Gasteiger partial charge in [0.2, 0.25) is 0 Å². The van der Waals surface area contributed by atoms with Gasteiger partial charge in [-0.3, -0.25) is 14.9 Å². The van der Waals surface area contributed by atoms with Crippen LogP contribution >= 0.6 is 11.6 Å². The summed E-state index contributed by atoms with van der Waals surface area (Å²) >= 11 is 5.86. The summed E-state index contributed by atoms with van der Waals surface area (Å²) in [6.45, 7) is 2.53. The molecule has 0 atom stereocenters. The van der Waals surface area contributed by atoms with Crippen molar-refractivity contribution in [2.45, 2.75) is 13.5 Å². The lowest BCUT2D eigenvalue weighted by molar-refractivity contribution is -0.384. The highest BCUT2D eigenvalue weighted by atomic mass is 35.5. The Morgan fingerprint density at radius 1 is 1.09 bits per heavy atom. The van der Waals surface area contributed by atoms with Crippen molar-refractivity contribution < 1.29 is 9.72 Å². The van der Waals surface area contributed by atoms with Crippen LogP contribution in [0, 0.1) is 17.0 Å². The van der Waals surface area contributed by atoms with Gasteiger partial charge in [0.15, 0.2) is 0 Å². The fraction of sp³-hybridized carbons (Fsp3) is 0.0833. The number of fused-ring (bicyclic) bond motifs is 1. The highest BCUT2D eigenvalue weighted by Gasteiger charge is 2.14. The number of nitro groups is 1. The van der Waals surface area contributed by atoms with E-state index in [-0.39, 0.29) is 11.6 Å². The van der Waals surface area contributed by atoms with Crippen LogP contribution in [0.3, 0.4) is 0 Å². The first kappa shape index (κ1) is 21.3. The van der Waals surface area contributed by atoms with Gasteiger partial charge >= 0.3 is 0 Å². The number of hydrogen-bond acceptors (Lipinski definition) is 4. The molecule has 3 aromatic carbocycles. The predicted octanol–water partition coefficient (Wildman–Crippen LogP) is 5.32. The van der Waals surface area contributed by atoms with Crippen LogP contribution in [0.25, 0.3) is 10.9 Å². The standard InChI is InChI=1S/C24H19ClN4O3/c1-16-22(14-26-27-24(30)18-8-10-19(25)11-9-18)21-4-2-3-5-23(21)28(16)15-17-6-12-20(13-7-17)29(31)32/h2-14H,15H2,1H3,(H,27,30)/b26-14-. The van der Waals surface area contributed by atoms with Gasteiger partial charge in [0, 0.05) is 51.4 Å². The third kappa shape index (κ3) is 4.38. The normalized spacial score (nSPS) is 11.2. The molecule has 0 unspecified atom stereocenters. The second kappa shape index (κ2) is 9.03. The average Bonchev–Trinajstić information content (AvgIpc) is 3.06. The fourth-order valence-corrected chi connectivity index (χ4v) is 3.68. The quantitative estimate of drug-likeness (QED) is 0.247. The number of hydrogen-bond donors (Lipinski definition) is 1. The second-order valence-electron chi connectivity index (χ2n) is 7.23. The van der Waals surface area contributed by atoms with E-state index in [0.717, 1.165) is 27.7 Å². The smallest absolute Gasteiger partial charge is 0.271 e. The fourth-order valence-electron chi connectivity index (χ4n) is 3.55. The Balaban J connectivity index is 1.60. The number of para-hydroxylation sites is 1. The average molecular weight is 447 g/mol. The van der Waals surface area contributed by atoms with E-state index in [0.29, 0.717) is 17.1 Å². The van der Waals surface area contributed by atoms with E-state index >= 15 is 0 Å². The first-order valence-corrected chi connectivity index (χ1v) is 10.2. The molecule has 7 nitrogen and oxygen atoms in total. The molecule has 0 saturated heterocycles. The zero-order valence-electron chi connectivity index (χ0n) is 17.2. The van der Waals surface area contributed by atoms with E-state index in [1.807, 2.05) is 31.2 Å². The maximum Gasteiger partial charge on any atom is 0.271 e. The molecule has 0 bridgehead atoms. The third-order valence-electron chi connectivity index (χ3n) is 5.23. The SMILES string of the molecule is Cc1c(/C=N\NC(=O)c2ccc(Cl)cc2)c2ccccc2n1Cc1ccc([N+](=O)[O-])cc1. The molecule has 160 valence electrons. The largest absolute Gasteiger partial charge is 0.340 e. The van der Waals surface area contributed by atoms with Crippen molar-refractivity contribution in [3.8, 4) is 0 Å². The molecule has 1 N–H and O–H groups in total. The minimum absolute atomic E-state index is 0.0621. The van der Waals surface area contributed by atoms with Crippen molar-refractivity contribution >= 4 is 40.3 Å². The molecule has 4 rings (SSSR count). The molecule has 4 aromatic rings. The number of carbonyl (C=O) groups is 1. The van der Waals surface area contributed by atoms with Crippen LogP contribution in [0.5, 0.6) is 0 Å². The maximum atomic E-state index is 12.3. The van der Waals surface area contributed by atoms with Gasteiger partial charge in [-0.1, -0.05) is 41.9 Å². The molecule has 0 fully saturated rings. The summed E-state index contributed by atoms with van der Waals surface area (Å²) in [5.41, 5.74) is 6.88. The first-order valence-electron chi connectivity index (χ1n) is 9.84. The minimum atomic E-state index is -0.410. The van der Waals surface area contributed by atoms with Gasteiger partial charge in [0.05, 0.1) is 11.1 Å². The summed E-state index contributed by atoms with van der Waals surface area (Å²) in [7, 11) is 0. The van der Waals surface area contributed by atoms with Crippen molar-refractivity contribution in [3.05, 3.63) is 110 Å². The van der Waals surface area contributed by atoms with E-state index < -0.39 is 4.92 Å². The molecular weight excluding hydrogens is 428 g/mol. The van der Waals surface area contributed by atoms with Crippen LogP contribution in [0.2, 0.25) is 5.02 Å².